The van der Waals surface area contributed by atoms with Crippen LogP contribution in [0.2, 0.25) is 0 Å². The summed E-state index contributed by atoms with van der Waals surface area (Å²) in [6.07, 6.45) is -3.48. The zero-order valence-corrected chi connectivity index (χ0v) is 23.5. The number of anilines is 1. The molecule has 4 heterocycles. The second-order valence-corrected chi connectivity index (χ2v) is 13.9. The van der Waals surface area contributed by atoms with Gasteiger partial charge >= 0.3 is 18.4 Å². The van der Waals surface area contributed by atoms with Gasteiger partial charge < -0.3 is 15.2 Å². The van der Waals surface area contributed by atoms with Gasteiger partial charge in [0.1, 0.15) is 40.1 Å². The number of ether oxygens (including phenoxy) is 1. The molecule has 2 atom stereocenters. The van der Waals surface area contributed by atoms with Crippen LogP contribution in [0.1, 0.15) is 49.8 Å². The number of hydrogen-bond acceptors (Lipinski definition) is 7. The third-order valence-electron chi connectivity index (χ3n) is 7.35. The zero-order chi connectivity index (χ0) is 31.1. The van der Waals surface area contributed by atoms with E-state index in [1.54, 1.807) is 13.8 Å². The van der Waals surface area contributed by atoms with Crippen molar-refractivity contribution in [3.63, 3.8) is 0 Å². The van der Waals surface area contributed by atoms with Crippen LogP contribution in [0, 0.1) is 5.82 Å². The maximum atomic E-state index is 15.4. The number of rotatable bonds is 7. The van der Waals surface area contributed by atoms with Crippen molar-refractivity contribution in [1.29, 1.82) is 0 Å². The molecule has 0 aromatic carbocycles. The van der Waals surface area contributed by atoms with E-state index in [1.165, 1.54) is 6.92 Å². The first-order chi connectivity index (χ1) is 19.5. The monoisotopic (exact) mass is 620 g/mol. The van der Waals surface area contributed by atoms with E-state index in [9.17, 15) is 36.5 Å². The molecular formula is C25H29F5N6O5S. The molecule has 0 saturated carbocycles. The number of carbonyl (C=O) groups excluding carboxylic acids is 1. The van der Waals surface area contributed by atoms with E-state index >= 15 is 4.39 Å². The van der Waals surface area contributed by atoms with Gasteiger partial charge in [-0.25, -0.2) is 27.9 Å². The molecule has 0 aliphatic carbocycles. The number of amides is 2. The predicted octanol–water partition coefficient (Wildman–Crippen LogP) is 3.50. The molecule has 4 N–H and O–H groups in total. The van der Waals surface area contributed by atoms with Crippen molar-refractivity contribution in [2.24, 2.45) is 4.99 Å². The molecule has 0 bridgehead atoms. The normalized spacial score (nSPS) is 23.7. The molecule has 2 aliphatic rings. The summed E-state index contributed by atoms with van der Waals surface area (Å²) < 4.78 is 87.0. The van der Waals surface area contributed by atoms with Crippen LogP contribution in [0.15, 0.2) is 35.5 Å². The quantitative estimate of drug-likeness (QED) is 0.235. The highest BCUT2D eigenvalue weighted by Crippen LogP contribution is 2.48. The Kier molecular flexibility index (Phi) is 8.30. The molecule has 11 nitrogen and oxygen atoms in total. The minimum atomic E-state index is -4.37. The Morgan fingerprint density at radius 2 is 1.93 bits per heavy atom. The van der Waals surface area contributed by atoms with Gasteiger partial charge in [-0.1, -0.05) is 0 Å². The molecule has 2 amide bonds. The second-order valence-electron chi connectivity index (χ2n) is 10.5. The summed E-state index contributed by atoms with van der Waals surface area (Å²) in [5, 5.41) is 13.3. The van der Waals surface area contributed by atoms with Crippen molar-refractivity contribution in [3.05, 3.63) is 47.7 Å². The Bertz CT molecular complexity index is 1460. The van der Waals surface area contributed by atoms with Gasteiger partial charge in [0.25, 0.3) is 5.91 Å². The topological polar surface area (TPSA) is 155 Å². The Morgan fingerprint density at radius 3 is 2.55 bits per heavy atom. The number of nitrogens with one attached hydrogen (secondary N) is 3. The molecule has 17 heteroatoms. The molecule has 4 rings (SSSR count). The highest BCUT2D eigenvalue weighted by atomic mass is 32.3. The maximum absolute atomic E-state index is 15.4. The van der Waals surface area contributed by atoms with Gasteiger partial charge in [-0.05, 0) is 68.0 Å². The Balaban J connectivity index is 1.63. The van der Waals surface area contributed by atoms with Crippen LogP contribution < -0.4 is 20.1 Å². The largest absolute Gasteiger partial charge is 0.485 e. The Labute approximate surface area is 237 Å². The zero-order valence-electron chi connectivity index (χ0n) is 22.6. The van der Waals surface area contributed by atoms with E-state index in [2.05, 4.69) is 35.1 Å². The van der Waals surface area contributed by atoms with Gasteiger partial charge in [0.2, 0.25) is 0 Å². The standard InChI is InChI=1S/C25H29F5N6O5S/c1-23(2)21(35-22(38)39)36-24(3,16-5-4-10-32-42(16,23)40)18-14(26)7-9-17(33-18)34-19(37)15-8-6-13(11-31-15)41-12-25(29,30)20(27)28/h6-9,11,16,20,42H,4-5,10,12H2,1-3H3,(H,32,40)(H,35,36)(H,38,39)(H,33,34,37)/t16-,24+/m1/s1. The average molecular weight is 621 g/mol. The van der Waals surface area contributed by atoms with E-state index in [1.807, 2.05) is 0 Å². The van der Waals surface area contributed by atoms with Gasteiger partial charge in [0, 0.05) is 6.54 Å². The summed E-state index contributed by atoms with van der Waals surface area (Å²) in [4.78, 5) is 37.0. The van der Waals surface area contributed by atoms with Crippen LogP contribution >= 0.6 is 0 Å². The third kappa shape index (κ3) is 5.66. The average Bonchev–Trinajstić information content (AvgIpc) is 2.92. The van der Waals surface area contributed by atoms with E-state index in [-0.39, 0.29) is 28.8 Å². The predicted molar refractivity (Wildman–Crippen MR) is 143 cm³/mol. The van der Waals surface area contributed by atoms with Gasteiger partial charge in [-0.2, -0.15) is 8.78 Å². The minimum Gasteiger partial charge on any atom is -0.485 e. The lowest BCUT2D eigenvalue weighted by atomic mass is 9.88. The number of hydrogen-bond donors (Lipinski definition) is 5. The number of thiol groups is 1. The van der Waals surface area contributed by atoms with Gasteiger partial charge in [0.15, 0.2) is 6.61 Å². The number of fused-ring (bicyclic) bond motifs is 1. The molecule has 2 aliphatic heterocycles. The lowest BCUT2D eigenvalue weighted by molar-refractivity contribution is -0.148. The number of alkyl halides is 4. The fourth-order valence-corrected chi connectivity index (χ4v) is 8.78. The van der Waals surface area contributed by atoms with E-state index < -0.39 is 62.4 Å². The molecule has 2 aromatic rings. The van der Waals surface area contributed by atoms with E-state index in [0.29, 0.717) is 19.4 Å². The van der Waals surface area contributed by atoms with Crippen molar-refractivity contribution in [2.75, 3.05) is 18.5 Å². The molecule has 1 saturated heterocycles. The van der Waals surface area contributed by atoms with Crippen LogP contribution in [0.5, 0.6) is 5.75 Å². The first-order valence-corrected chi connectivity index (χ1v) is 14.5. The van der Waals surface area contributed by atoms with Crippen molar-refractivity contribution < 1.29 is 45.6 Å². The van der Waals surface area contributed by atoms with Crippen LogP contribution in [-0.4, -0.2) is 72.6 Å². The summed E-state index contributed by atoms with van der Waals surface area (Å²) in [5.74, 6) is -6.57. The lowest BCUT2D eigenvalue weighted by Gasteiger charge is -2.56. The summed E-state index contributed by atoms with van der Waals surface area (Å²) in [6.45, 7) is 3.52. The Hall–Kier alpha value is -3.73. The minimum absolute atomic E-state index is 0.125. The van der Waals surface area contributed by atoms with Gasteiger partial charge in [-0.15, -0.1) is 0 Å². The molecule has 2 aromatic heterocycles. The number of carbonyl (C=O) groups is 2. The van der Waals surface area contributed by atoms with Crippen LogP contribution in [0.3, 0.4) is 0 Å². The van der Waals surface area contributed by atoms with E-state index in [4.69, 9.17) is 0 Å². The number of aromatic nitrogens is 2. The summed E-state index contributed by atoms with van der Waals surface area (Å²) >= 11 is 0. The van der Waals surface area contributed by atoms with E-state index in [0.717, 1.165) is 30.5 Å². The van der Waals surface area contributed by atoms with Gasteiger partial charge in [-0.3, -0.25) is 24.0 Å². The molecule has 42 heavy (non-hydrogen) atoms. The number of carboxylic acid groups (broad SMARTS) is 1. The van der Waals surface area contributed by atoms with Crippen molar-refractivity contribution in [2.45, 2.75) is 61.5 Å². The molecule has 0 spiro atoms. The molecule has 230 valence electrons. The number of halogens is 5. The number of nitrogens with zero attached hydrogens (tertiary/aromatic N) is 3. The summed E-state index contributed by atoms with van der Waals surface area (Å²) in [7, 11) is -3.47. The third-order valence-corrected chi connectivity index (χ3v) is 11.6. The smallest absolute Gasteiger partial charge is 0.410 e. The number of aliphatic imine (C=N–C) groups is 1. The van der Waals surface area contributed by atoms with Gasteiger partial charge in [0.05, 0.1) is 16.2 Å². The van der Waals surface area contributed by atoms with Crippen molar-refractivity contribution in [3.8, 4) is 5.75 Å². The Morgan fingerprint density at radius 1 is 1.21 bits per heavy atom. The van der Waals surface area contributed by atoms with Crippen LogP contribution in [0.4, 0.5) is 32.6 Å². The maximum Gasteiger partial charge on any atom is 0.410 e. The number of pyridine rings is 2. The summed E-state index contributed by atoms with van der Waals surface area (Å²) in [6, 6.07) is 4.36. The molecule has 0 unspecified atom stereocenters. The fraction of sp³-hybridized carbons (Fsp3) is 0.480. The first-order valence-electron chi connectivity index (χ1n) is 12.7. The van der Waals surface area contributed by atoms with Crippen molar-refractivity contribution >= 4 is 33.8 Å². The van der Waals surface area contributed by atoms with Crippen molar-refractivity contribution in [1.82, 2.24) is 20.0 Å². The summed E-state index contributed by atoms with van der Waals surface area (Å²) in [5.41, 5.74) is -2.10. The van der Waals surface area contributed by atoms with Crippen LogP contribution in [0.25, 0.3) is 0 Å². The highest BCUT2D eigenvalue weighted by molar-refractivity contribution is 8.04. The lowest BCUT2D eigenvalue weighted by Crippen LogP contribution is -2.70. The number of amidine groups is 1. The molecule has 1 fully saturated rings. The molecular weight excluding hydrogens is 591 g/mol. The second kappa shape index (κ2) is 11.2. The fourth-order valence-electron chi connectivity index (χ4n) is 5.04. The highest BCUT2D eigenvalue weighted by Gasteiger charge is 2.58. The van der Waals surface area contributed by atoms with Crippen LogP contribution in [-0.2, 0) is 15.7 Å². The SMILES string of the molecule is CC1(C)C(NC(=O)O)=N[C@](C)(c2nc(NC(=O)c3ccc(OCC(F)(F)C(F)F)cn3)ccc2F)[C@H]2CCCN[SH]21=O. The molecule has 0 radical (unpaired) electrons. The first kappa shape index (κ1) is 31.2.